The van der Waals surface area contributed by atoms with E-state index in [1.54, 1.807) is 24.3 Å². The second-order valence-electron chi connectivity index (χ2n) is 8.24. The molecule has 31 heavy (non-hydrogen) atoms. The lowest BCUT2D eigenvalue weighted by Crippen LogP contribution is -2.49. The number of rotatable bonds is 9. The van der Waals surface area contributed by atoms with Gasteiger partial charge in [0.2, 0.25) is 5.91 Å². The van der Waals surface area contributed by atoms with Crippen LogP contribution in [-0.4, -0.2) is 35.1 Å². The fraction of sp³-hybridized carbons (Fsp3) is 0.435. The van der Waals surface area contributed by atoms with E-state index in [1.807, 2.05) is 12.1 Å². The third kappa shape index (κ3) is 4.79. The molecule has 2 aromatic carbocycles. The van der Waals surface area contributed by atoms with Gasteiger partial charge in [-0.05, 0) is 48.6 Å². The summed E-state index contributed by atoms with van der Waals surface area (Å²) >= 11 is 0. The van der Waals surface area contributed by atoms with Crippen molar-refractivity contribution in [3.8, 4) is 11.5 Å². The predicted octanol–water partition coefficient (Wildman–Crippen LogP) is 3.70. The molecule has 0 saturated heterocycles. The Labute approximate surface area is 184 Å². The van der Waals surface area contributed by atoms with Crippen molar-refractivity contribution in [2.24, 2.45) is 5.92 Å². The van der Waals surface area contributed by atoms with Crippen LogP contribution >= 0.6 is 0 Å². The van der Waals surface area contributed by atoms with Crippen molar-refractivity contribution < 1.29 is 22.7 Å². The van der Waals surface area contributed by atoms with Gasteiger partial charge in [-0.1, -0.05) is 32.4 Å². The SMILES string of the molecule is COc1ccc(OC)c(S(=O)(=O)Nc2ccc(C3(C(=O)NCC(C)C)CCC3)cc2)c1. The normalized spacial score (nSPS) is 15.1. The average molecular weight is 447 g/mol. The first-order valence-electron chi connectivity index (χ1n) is 10.4. The molecule has 0 heterocycles. The summed E-state index contributed by atoms with van der Waals surface area (Å²) in [6.07, 6.45) is 2.59. The number of carbonyl (C=O) groups excluding carboxylic acids is 1. The van der Waals surface area contributed by atoms with E-state index in [4.69, 9.17) is 9.47 Å². The molecular weight excluding hydrogens is 416 g/mol. The van der Waals surface area contributed by atoms with Crippen molar-refractivity contribution in [1.29, 1.82) is 0 Å². The maximum atomic E-state index is 12.9. The van der Waals surface area contributed by atoms with Crippen LogP contribution in [0.15, 0.2) is 47.4 Å². The highest BCUT2D eigenvalue weighted by Crippen LogP contribution is 2.44. The summed E-state index contributed by atoms with van der Waals surface area (Å²) in [5.41, 5.74) is 0.787. The Kier molecular flexibility index (Phi) is 6.79. The number of methoxy groups -OCH3 is 2. The molecule has 0 aliphatic heterocycles. The van der Waals surface area contributed by atoms with Crippen LogP contribution in [0.1, 0.15) is 38.7 Å². The van der Waals surface area contributed by atoms with Crippen LogP contribution in [0.4, 0.5) is 5.69 Å². The Morgan fingerprint density at radius 3 is 2.26 bits per heavy atom. The lowest BCUT2D eigenvalue weighted by molar-refractivity contribution is -0.130. The van der Waals surface area contributed by atoms with Crippen molar-refractivity contribution >= 4 is 21.6 Å². The van der Waals surface area contributed by atoms with Crippen LogP contribution < -0.4 is 19.5 Å². The van der Waals surface area contributed by atoms with Crippen LogP contribution in [0.25, 0.3) is 0 Å². The predicted molar refractivity (Wildman–Crippen MR) is 120 cm³/mol. The van der Waals surface area contributed by atoms with E-state index in [0.29, 0.717) is 23.9 Å². The van der Waals surface area contributed by atoms with Crippen LogP contribution in [0.5, 0.6) is 11.5 Å². The number of ether oxygens (including phenoxy) is 2. The summed E-state index contributed by atoms with van der Waals surface area (Å²) in [7, 11) is -1.01. The summed E-state index contributed by atoms with van der Waals surface area (Å²) in [6, 6.07) is 11.6. The van der Waals surface area contributed by atoms with Gasteiger partial charge in [0.15, 0.2) is 0 Å². The van der Waals surface area contributed by atoms with E-state index in [9.17, 15) is 13.2 Å². The number of carbonyl (C=O) groups is 1. The summed E-state index contributed by atoms with van der Waals surface area (Å²) < 4.78 is 38.8. The third-order valence-electron chi connectivity index (χ3n) is 5.66. The quantitative estimate of drug-likeness (QED) is 0.613. The van der Waals surface area contributed by atoms with E-state index >= 15 is 0 Å². The molecule has 1 amide bonds. The Morgan fingerprint density at radius 1 is 1.06 bits per heavy atom. The lowest BCUT2D eigenvalue weighted by atomic mass is 9.63. The lowest BCUT2D eigenvalue weighted by Gasteiger charge is -2.41. The molecule has 0 radical (unpaired) electrons. The van der Waals surface area contributed by atoms with E-state index in [2.05, 4.69) is 23.9 Å². The molecule has 2 aromatic rings. The van der Waals surface area contributed by atoms with E-state index in [-0.39, 0.29) is 16.6 Å². The van der Waals surface area contributed by atoms with Gasteiger partial charge in [0.25, 0.3) is 10.0 Å². The molecule has 0 bridgehead atoms. The van der Waals surface area contributed by atoms with Crippen molar-refractivity contribution in [2.45, 2.75) is 43.4 Å². The molecule has 8 heteroatoms. The molecule has 0 aromatic heterocycles. The molecule has 1 aliphatic carbocycles. The fourth-order valence-electron chi connectivity index (χ4n) is 3.70. The number of hydrogen-bond donors (Lipinski definition) is 2. The highest BCUT2D eigenvalue weighted by Gasteiger charge is 2.45. The van der Waals surface area contributed by atoms with Gasteiger partial charge in [-0.2, -0.15) is 0 Å². The number of nitrogens with one attached hydrogen (secondary N) is 2. The summed E-state index contributed by atoms with van der Waals surface area (Å²) in [5.74, 6) is 1.06. The number of hydrogen-bond acceptors (Lipinski definition) is 5. The highest BCUT2D eigenvalue weighted by molar-refractivity contribution is 7.92. The van der Waals surface area contributed by atoms with Crippen LogP contribution in [0.3, 0.4) is 0 Å². The minimum atomic E-state index is -3.90. The molecule has 1 aliphatic rings. The van der Waals surface area contributed by atoms with Crippen molar-refractivity contribution in [2.75, 3.05) is 25.5 Å². The second-order valence-corrected chi connectivity index (χ2v) is 9.89. The number of benzene rings is 2. The van der Waals surface area contributed by atoms with Gasteiger partial charge in [-0.3, -0.25) is 9.52 Å². The Morgan fingerprint density at radius 2 is 1.74 bits per heavy atom. The van der Waals surface area contributed by atoms with Crippen molar-refractivity contribution in [1.82, 2.24) is 5.32 Å². The van der Waals surface area contributed by atoms with Gasteiger partial charge < -0.3 is 14.8 Å². The van der Waals surface area contributed by atoms with Crippen LogP contribution in [-0.2, 0) is 20.2 Å². The zero-order chi connectivity index (χ0) is 22.6. The number of anilines is 1. The van der Waals surface area contributed by atoms with E-state index in [1.165, 1.54) is 20.3 Å². The standard InChI is InChI=1S/C23H30N2O5S/c1-16(2)15-24-22(26)23(12-5-13-23)17-6-8-18(9-7-17)25-31(27,28)21-14-19(29-3)10-11-20(21)30-4/h6-11,14,16,25H,5,12-13,15H2,1-4H3,(H,24,26). The Balaban J connectivity index is 1.81. The third-order valence-corrected chi connectivity index (χ3v) is 7.07. The zero-order valence-corrected chi connectivity index (χ0v) is 19.2. The molecule has 0 unspecified atom stereocenters. The molecular formula is C23H30N2O5S. The Bertz CT molecular complexity index is 1030. The van der Waals surface area contributed by atoms with Gasteiger partial charge in [-0.25, -0.2) is 8.42 Å². The van der Waals surface area contributed by atoms with Gasteiger partial charge in [0.1, 0.15) is 16.4 Å². The van der Waals surface area contributed by atoms with Gasteiger partial charge in [0, 0.05) is 18.3 Å². The number of amides is 1. The minimum absolute atomic E-state index is 0.0121. The fourth-order valence-corrected chi connectivity index (χ4v) is 4.95. The molecule has 3 rings (SSSR count). The monoisotopic (exact) mass is 446 g/mol. The molecule has 1 fully saturated rings. The van der Waals surface area contributed by atoms with Crippen molar-refractivity contribution in [3.05, 3.63) is 48.0 Å². The summed E-state index contributed by atoms with van der Waals surface area (Å²) in [4.78, 5) is 12.8. The summed E-state index contributed by atoms with van der Waals surface area (Å²) in [5, 5.41) is 3.04. The average Bonchev–Trinajstić information content (AvgIpc) is 2.72. The second kappa shape index (κ2) is 9.18. The van der Waals surface area contributed by atoms with Crippen LogP contribution in [0, 0.1) is 5.92 Å². The first-order chi connectivity index (χ1) is 14.7. The molecule has 0 spiro atoms. The molecule has 2 N–H and O–H groups in total. The van der Waals surface area contributed by atoms with Crippen LogP contribution in [0.2, 0.25) is 0 Å². The van der Waals surface area contributed by atoms with Gasteiger partial charge >= 0.3 is 0 Å². The molecule has 0 atom stereocenters. The number of sulfonamides is 1. The highest BCUT2D eigenvalue weighted by atomic mass is 32.2. The molecule has 168 valence electrons. The maximum absolute atomic E-state index is 12.9. The smallest absolute Gasteiger partial charge is 0.265 e. The minimum Gasteiger partial charge on any atom is -0.497 e. The molecule has 1 saturated carbocycles. The maximum Gasteiger partial charge on any atom is 0.265 e. The zero-order valence-electron chi connectivity index (χ0n) is 18.4. The van der Waals surface area contributed by atoms with Gasteiger partial charge in [-0.15, -0.1) is 0 Å². The van der Waals surface area contributed by atoms with E-state index in [0.717, 1.165) is 24.8 Å². The first kappa shape index (κ1) is 22.9. The Hall–Kier alpha value is -2.74. The van der Waals surface area contributed by atoms with Crippen molar-refractivity contribution in [3.63, 3.8) is 0 Å². The van der Waals surface area contributed by atoms with Gasteiger partial charge in [0.05, 0.1) is 19.6 Å². The molecule has 7 nitrogen and oxygen atoms in total. The summed E-state index contributed by atoms with van der Waals surface area (Å²) in [6.45, 7) is 4.76. The van der Waals surface area contributed by atoms with E-state index < -0.39 is 15.4 Å². The topological polar surface area (TPSA) is 93.7 Å². The largest absolute Gasteiger partial charge is 0.497 e. The first-order valence-corrected chi connectivity index (χ1v) is 11.8.